The summed E-state index contributed by atoms with van der Waals surface area (Å²) in [6, 6.07) is 8.57. The predicted octanol–water partition coefficient (Wildman–Crippen LogP) is 3.57. The normalized spacial score (nSPS) is 31.6. The van der Waals surface area contributed by atoms with Gasteiger partial charge < -0.3 is 4.90 Å². The number of rotatable bonds is 2. The number of anilines is 1. The standard InChI is InChI=1S/C20H29N3/c1-2-11-21(10-1)18-8-14-23-15-9-19(22-12-3-4-13-22)17-7-5-6-16(18)20(17)23/h5-7,18-19H,1-4,8-15H2/t18-,19-/m0/s1. The van der Waals surface area contributed by atoms with Crippen LogP contribution < -0.4 is 4.90 Å². The molecule has 4 aliphatic rings. The van der Waals surface area contributed by atoms with Crippen molar-refractivity contribution >= 4 is 5.69 Å². The molecule has 4 heterocycles. The Hall–Kier alpha value is -1.06. The molecule has 1 aromatic rings. The Morgan fingerprint density at radius 1 is 0.652 bits per heavy atom. The SMILES string of the molecule is c1cc2c3c(c1)[C@@H](N1CCCC1)CCN3CC[C@@H]2N1CCCC1. The van der Waals surface area contributed by atoms with Crippen LogP contribution >= 0.6 is 0 Å². The topological polar surface area (TPSA) is 9.72 Å². The fourth-order valence-electron chi connectivity index (χ4n) is 5.55. The first-order chi connectivity index (χ1) is 11.4. The molecule has 2 saturated heterocycles. The molecule has 0 aliphatic carbocycles. The Labute approximate surface area is 140 Å². The lowest BCUT2D eigenvalue weighted by atomic mass is 9.86. The van der Waals surface area contributed by atoms with Crippen LogP contribution in [0.2, 0.25) is 0 Å². The van der Waals surface area contributed by atoms with Crippen LogP contribution in [0.5, 0.6) is 0 Å². The number of hydrogen-bond donors (Lipinski definition) is 0. The molecule has 3 heteroatoms. The third kappa shape index (κ3) is 2.32. The molecule has 2 fully saturated rings. The average Bonchev–Trinajstić information content (AvgIpc) is 3.30. The molecule has 2 atom stereocenters. The lowest BCUT2D eigenvalue weighted by Crippen LogP contribution is -2.43. The smallest absolute Gasteiger partial charge is 0.0463 e. The van der Waals surface area contributed by atoms with Crippen LogP contribution in [0.4, 0.5) is 5.69 Å². The number of hydrogen-bond acceptors (Lipinski definition) is 3. The van der Waals surface area contributed by atoms with Gasteiger partial charge in [0.05, 0.1) is 0 Å². The molecule has 1 aromatic carbocycles. The lowest BCUT2D eigenvalue weighted by molar-refractivity contribution is 0.211. The minimum absolute atomic E-state index is 0.682. The summed E-state index contributed by atoms with van der Waals surface area (Å²) in [6.45, 7) is 7.76. The zero-order valence-corrected chi connectivity index (χ0v) is 14.2. The van der Waals surface area contributed by atoms with Gasteiger partial charge in [0.15, 0.2) is 0 Å². The Kier molecular flexibility index (Phi) is 3.60. The first-order valence-corrected chi connectivity index (χ1v) is 9.78. The lowest BCUT2D eigenvalue weighted by Gasteiger charge is -2.46. The van der Waals surface area contributed by atoms with Crippen molar-refractivity contribution in [2.45, 2.75) is 50.6 Å². The zero-order valence-electron chi connectivity index (χ0n) is 14.2. The molecule has 3 nitrogen and oxygen atoms in total. The van der Waals surface area contributed by atoms with E-state index in [1.165, 1.54) is 77.8 Å². The van der Waals surface area contributed by atoms with Crippen LogP contribution in [0.1, 0.15) is 61.7 Å². The highest BCUT2D eigenvalue weighted by Gasteiger charge is 2.37. The molecule has 5 rings (SSSR count). The highest BCUT2D eigenvalue weighted by Crippen LogP contribution is 2.47. The predicted molar refractivity (Wildman–Crippen MR) is 95.0 cm³/mol. The average molecular weight is 311 g/mol. The van der Waals surface area contributed by atoms with E-state index >= 15 is 0 Å². The summed E-state index contributed by atoms with van der Waals surface area (Å²) < 4.78 is 0. The Bertz CT molecular complexity index is 526. The van der Waals surface area contributed by atoms with Gasteiger partial charge in [0, 0.05) is 30.9 Å². The van der Waals surface area contributed by atoms with Crippen LogP contribution in [-0.4, -0.2) is 49.1 Å². The molecule has 4 aliphatic heterocycles. The fraction of sp³-hybridized carbons (Fsp3) is 0.700. The van der Waals surface area contributed by atoms with Crippen molar-refractivity contribution in [3.8, 4) is 0 Å². The summed E-state index contributed by atoms with van der Waals surface area (Å²) in [5, 5.41) is 0. The Morgan fingerprint density at radius 2 is 1.13 bits per heavy atom. The second-order valence-corrected chi connectivity index (χ2v) is 7.87. The summed E-state index contributed by atoms with van der Waals surface area (Å²) in [6.07, 6.45) is 8.23. The third-order valence-electron chi connectivity index (χ3n) is 6.64. The highest BCUT2D eigenvalue weighted by molar-refractivity contribution is 5.65. The number of para-hydroxylation sites is 1. The first kappa shape index (κ1) is 14.3. The van der Waals surface area contributed by atoms with Crippen molar-refractivity contribution in [1.82, 2.24) is 9.80 Å². The van der Waals surface area contributed by atoms with E-state index in [1.54, 1.807) is 16.8 Å². The van der Waals surface area contributed by atoms with E-state index in [2.05, 4.69) is 32.9 Å². The van der Waals surface area contributed by atoms with Crippen molar-refractivity contribution in [3.63, 3.8) is 0 Å². The molecule has 0 amide bonds. The highest BCUT2D eigenvalue weighted by atomic mass is 15.2. The number of nitrogens with zero attached hydrogens (tertiary/aromatic N) is 3. The third-order valence-corrected chi connectivity index (χ3v) is 6.64. The van der Waals surface area contributed by atoms with Crippen LogP contribution in [-0.2, 0) is 0 Å². The Morgan fingerprint density at radius 3 is 1.61 bits per heavy atom. The van der Waals surface area contributed by atoms with E-state index in [4.69, 9.17) is 0 Å². The van der Waals surface area contributed by atoms with Gasteiger partial charge in [-0.05, 0) is 75.8 Å². The second kappa shape index (κ2) is 5.78. The molecule has 0 radical (unpaired) electrons. The zero-order chi connectivity index (χ0) is 15.2. The molecular weight excluding hydrogens is 282 g/mol. The largest absolute Gasteiger partial charge is 0.371 e. The maximum absolute atomic E-state index is 2.76. The Balaban J connectivity index is 1.54. The molecule has 0 aromatic heterocycles. The van der Waals surface area contributed by atoms with E-state index in [1.807, 2.05) is 0 Å². The summed E-state index contributed by atoms with van der Waals surface area (Å²) in [5.41, 5.74) is 4.90. The van der Waals surface area contributed by atoms with Gasteiger partial charge in [-0.15, -0.1) is 0 Å². The quantitative estimate of drug-likeness (QED) is 0.826. The minimum Gasteiger partial charge on any atom is -0.371 e. The maximum atomic E-state index is 2.76. The monoisotopic (exact) mass is 311 g/mol. The van der Waals surface area contributed by atoms with E-state index in [-0.39, 0.29) is 0 Å². The minimum atomic E-state index is 0.682. The summed E-state index contributed by atoms with van der Waals surface area (Å²) in [5.74, 6) is 0. The number of likely N-dealkylation sites (tertiary alicyclic amines) is 2. The van der Waals surface area contributed by atoms with Gasteiger partial charge in [0.1, 0.15) is 0 Å². The van der Waals surface area contributed by atoms with Crippen LogP contribution in [0.3, 0.4) is 0 Å². The van der Waals surface area contributed by atoms with Crippen LogP contribution in [0.15, 0.2) is 18.2 Å². The van der Waals surface area contributed by atoms with Gasteiger partial charge in [0.25, 0.3) is 0 Å². The molecule has 0 spiro atoms. The van der Waals surface area contributed by atoms with E-state index in [0.717, 1.165) is 0 Å². The van der Waals surface area contributed by atoms with Crippen molar-refractivity contribution < 1.29 is 0 Å². The van der Waals surface area contributed by atoms with Crippen LogP contribution in [0.25, 0.3) is 0 Å². The molecule has 0 unspecified atom stereocenters. The summed E-state index contributed by atoms with van der Waals surface area (Å²) >= 11 is 0. The van der Waals surface area contributed by atoms with Gasteiger partial charge >= 0.3 is 0 Å². The van der Waals surface area contributed by atoms with Gasteiger partial charge in [-0.2, -0.15) is 0 Å². The summed E-state index contributed by atoms with van der Waals surface area (Å²) in [4.78, 5) is 8.21. The molecule has 0 saturated carbocycles. The molecule has 0 N–H and O–H groups in total. The van der Waals surface area contributed by atoms with Crippen LogP contribution in [0, 0.1) is 0 Å². The summed E-state index contributed by atoms with van der Waals surface area (Å²) in [7, 11) is 0. The van der Waals surface area contributed by atoms with Crippen molar-refractivity contribution in [2.75, 3.05) is 44.2 Å². The molecule has 124 valence electrons. The van der Waals surface area contributed by atoms with Crippen molar-refractivity contribution in [1.29, 1.82) is 0 Å². The first-order valence-electron chi connectivity index (χ1n) is 9.78. The maximum Gasteiger partial charge on any atom is 0.0463 e. The van der Waals surface area contributed by atoms with E-state index < -0.39 is 0 Å². The van der Waals surface area contributed by atoms with Crippen molar-refractivity contribution in [2.24, 2.45) is 0 Å². The van der Waals surface area contributed by atoms with Gasteiger partial charge in [-0.1, -0.05) is 18.2 Å². The van der Waals surface area contributed by atoms with E-state index in [0.29, 0.717) is 12.1 Å². The number of benzene rings is 1. The molecule has 0 bridgehead atoms. The molecule has 23 heavy (non-hydrogen) atoms. The fourth-order valence-corrected chi connectivity index (χ4v) is 5.55. The van der Waals surface area contributed by atoms with Gasteiger partial charge in [-0.25, -0.2) is 0 Å². The van der Waals surface area contributed by atoms with Crippen molar-refractivity contribution in [3.05, 3.63) is 29.3 Å². The second-order valence-electron chi connectivity index (χ2n) is 7.87. The molecular formula is C20H29N3. The van der Waals surface area contributed by atoms with E-state index in [9.17, 15) is 0 Å². The van der Waals surface area contributed by atoms with Gasteiger partial charge in [-0.3, -0.25) is 9.80 Å². The van der Waals surface area contributed by atoms with Gasteiger partial charge in [0.2, 0.25) is 0 Å².